The zero-order valence-electron chi connectivity index (χ0n) is 10.5. The predicted molar refractivity (Wildman–Crippen MR) is 78.1 cm³/mol. The molecule has 0 amide bonds. The van der Waals surface area contributed by atoms with Crippen molar-refractivity contribution in [3.63, 3.8) is 0 Å². The van der Waals surface area contributed by atoms with Gasteiger partial charge >= 0.3 is 0 Å². The van der Waals surface area contributed by atoms with E-state index in [1.807, 2.05) is 31.9 Å². The summed E-state index contributed by atoms with van der Waals surface area (Å²) in [6.45, 7) is 2.62. The highest BCUT2D eigenvalue weighted by atomic mass is 32.1. The Morgan fingerprint density at radius 1 is 1.61 bits per heavy atom. The first-order valence-corrected chi connectivity index (χ1v) is 6.77. The molecule has 0 aliphatic heterocycles. The number of hydrogen-bond donors (Lipinski definition) is 1. The lowest BCUT2D eigenvalue weighted by Gasteiger charge is -2.19. The maximum Gasteiger partial charge on any atom is 0.137 e. The molecule has 0 atom stereocenters. The van der Waals surface area contributed by atoms with Crippen LogP contribution in [0, 0.1) is 6.92 Å². The first-order valence-electron chi connectivity index (χ1n) is 5.42. The lowest BCUT2D eigenvalue weighted by molar-refractivity contribution is 0.724. The minimum absolute atomic E-state index is 0.376. The Kier molecular flexibility index (Phi) is 3.63. The second-order valence-corrected chi connectivity index (χ2v) is 5.27. The van der Waals surface area contributed by atoms with Gasteiger partial charge < -0.3 is 10.6 Å². The molecule has 2 heterocycles. The van der Waals surface area contributed by atoms with Gasteiger partial charge in [-0.2, -0.15) is 5.10 Å². The maximum absolute atomic E-state index is 5.78. The molecule has 2 N–H and O–H groups in total. The van der Waals surface area contributed by atoms with Crippen LogP contribution in [0.1, 0.15) is 17.0 Å². The molecule has 0 aromatic carbocycles. The third kappa shape index (κ3) is 2.37. The summed E-state index contributed by atoms with van der Waals surface area (Å²) in [6, 6.07) is 0. The number of nitrogens with zero attached hydrogens (tertiary/aromatic N) is 4. The Labute approximate surface area is 115 Å². The van der Waals surface area contributed by atoms with Crippen LogP contribution in [0.25, 0.3) is 0 Å². The molecule has 0 spiro atoms. The maximum atomic E-state index is 5.78. The van der Waals surface area contributed by atoms with Crippen molar-refractivity contribution in [2.45, 2.75) is 13.5 Å². The van der Waals surface area contributed by atoms with Crippen molar-refractivity contribution in [2.75, 3.05) is 11.9 Å². The van der Waals surface area contributed by atoms with E-state index in [2.05, 4.69) is 15.0 Å². The highest BCUT2D eigenvalue weighted by molar-refractivity contribution is 7.80. The van der Waals surface area contributed by atoms with Crippen LogP contribution in [-0.2, 0) is 13.6 Å². The number of hydrogen-bond acceptors (Lipinski definition) is 5. The molecule has 5 nitrogen and oxygen atoms in total. The predicted octanol–water partition coefficient (Wildman–Crippen LogP) is 1.46. The molecule has 0 fully saturated rings. The van der Waals surface area contributed by atoms with Gasteiger partial charge in [0, 0.05) is 19.5 Å². The largest absolute Gasteiger partial charge is 0.389 e. The van der Waals surface area contributed by atoms with Crippen molar-refractivity contribution >= 4 is 34.4 Å². The number of rotatable bonds is 4. The zero-order chi connectivity index (χ0) is 13.3. The minimum atomic E-state index is 0.376. The van der Waals surface area contributed by atoms with Crippen LogP contribution in [0.2, 0.25) is 0 Å². The van der Waals surface area contributed by atoms with Gasteiger partial charge in [0.15, 0.2) is 0 Å². The van der Waals surface area contributed by atoms with Crippen molar-refractivity contribution in [3.8, 4) is 0 Å². The van der Waals surface area contributed by atoms with Crippen molar-refractivity contribution in [2.24, 2.45) is 12.8 Å². The highest BCUT2D eigenvalue weighted by Gasteiger charge is 2.19. The first kappa shape index (κ1) is 13.0. The van der Waals surface area contributed by atoms with Crippen LogP contribution in [-0.4, -0.2) is 26.8 Å². The summed E-state index contributed by atoms with van der Waals surface area (Å²) < 4.78 is 1.80. The lowest BCUT2D eigenvalue weighted by Crippen LogP contribution is -2.23. The molecular formula is C11H15N5S2. The fourth-order valence-corrected chi connectivity index (χ4v) is 2.79. The second-order valence-electron chi connectivity index (χ2n) is 4.11. The molecule has 7 heteroatoms. The van der Waals surface area contributed by atoms with E-state index in [0.717, 1.165) is 22.8 Å². The fourth-order valence-electron chi connectivity index (χ4n) is 2.01. The SMILES string of the molecule is Cc1nn(C)c(N(C)Cc2cscn2)c1C(N)=S. The van der Waals surface area contributed by atoms with E-state index < -0.39 is 0 Å². The molecule has 18 heavy (non-hydrogen) atoms. The standard InChI is InChI=1S/C11H15N5S2/c1-7-9(10(12)17)11(16(3)14-7)15(2)4-8-5-18-6-13-8/h5-6H,4H2,1-3H3,(H2,12,17). The van der Waals surface area contributed by atoms with Crippen molar-refractivity contribution in [1.82, 2.24) is 14.8 Å². The summed E-state index contributed by atoms with van der Waals surface area (Å²) in [4.78, 5) is 6.71. The van der Waals surface area contributed by atoms with E-state index in [1.165, 1.54) is 0 Å². The highest BCUT2D eigenvalue weighted by Crippen LogP contribution is 2.23. The lowest BCUT2D eigenvalue weighted by atomic mass is 10.2. The molecule has 2 aromatic rings. The number of aryl methyl sites for hydroxylation is 2. The van der Waals surface area contributed by atoms with Gasteiger partial charge in [-0.1, -0.05) is 12.2 Å². The summed E-state index contributed by atoms with van der Waals surface area (Å²) in [5, 5.41) is 6.40. The molecule has 0 radical (unpaired) electrons. The van der Waals surface area contributed by atoms with E-state index >= 15 is 0 Å². The van der Waals surface area contributed by atoms with E-state index in [4.69, 9.17) is 18.0 Å². The summed E-state index contributed by atoms with van der Waals surface area (Å²) in [7, 11) is 3.87. The molecule has 0 aliphatic rings. The van der Waals surface area contributed by atoms with Crippen LogP contribution >= 0.6 is 23.6 Å². The fraction of sp³-hybridized carbons (Fsp3) is 0.364. The van der Waals surface area contributed by atoms with E-state index in [1.54, 1.807) is 16.0 Å². The Balaban J connectivity index is 2.35. The van der Waals surface area contributed by atoms with Crippen molar-refractivity contribution < 1.29 is 0 Å². The molecule has 0 saturated carbocycles. The van der Waals surface area contributed by atoms with Gasteiger partial charge in [-0.25, -0.2) is 4.98 Å². The van der Waals surface area contributed by atoms with Gasteiger partial charge in [0.25, 0.3) is 0 Å². The van der Waals surface area contributed by atoms with Crippen LogP contribution in [0.15, 0.2) is 10.9 Å². The summed E-state index contributed by atoms with van der Waals surface area (Å²) in [6.07, 6.45) is 0. The van der Waals surface area contributed by atoms with E-state index in [-0.39, 0.29) is 0 Å². The van der Waals surface area contributed by atoms with Crippen molar-refractivity contribution in [1.29, 1.82) is 0 Å². The monoisotopic (exact) mass is 281 g/mol. The Hall–Kier alpha value is -1.47. The van der Waals surface area contributed by atoms with Gasteiger partial charge in [-0.15, -0.1) is 11.3 Å². The second kappa shape index (κ2) is 5.03. The first-order chi connectivity index (χ1) is 8.50. The number of nitrogens with two attached hydrogens (primary N) is 1. The molecule has 0 unspecified atom stereocenters. The van der Waals surface area contributed by atoms with E-state index in [9.17, 15) is 0 Å². The zero-order valence-corrected chi connectivity index (χ0v) is 12.2. The van der Waals surface area contributed by atoms with E-state index in [0.29, 0.717) is 11.5 Å². The molecule has 0 saturated heterocycles. The molecule has 0 aliphatic carbocycles. The van der Waals surface area contributed by atoms with Crippen LogP contribution in [0.5, 0.6) is 0 Å². The summed E-state index contributed by atoms with van der Waals surface area (Å²) >= 11 is 6.69. The minimum Gasteiger partial charge on any atom is -0.389 e. The molecule has 2 aromatic heterocycles. The van der Waals surface area contributed by atoms with Gasteiger partial charge in [0.05, 0.1) is 29.0 Å². The van der Waals surface area contributed by atoms with Gasteiger partial charge in [0.1, 0.15) is 10.8 Å². The topological polar surface area (TPSA) is 60.0 Å². The van der Waals surface area contributed by atoms with Crippen LogP contribution in [0.4, 0.5) is 5.82 Å². The number of thiocarbonyl (C=S) groups is 1. The van der Waals surface area contributed by atoms with Crippen LogP contribution < -0.4 is 10.6 Å². The molecule has 96 valence electrons. The third-order valence-corrected chi connectivity index (χ3v) is 3.52. The quantitative estimate of drug-likeness (QED) is 0.860. The average molecular weight is 281 g/mol. The summed E-state index contributed by atoms with van der Waals surface area (Å²) in [5.41, 5.74) is 10.3. The Morgan fingerprint density at radius 2 is 2.33 bits per heavy atom. The number of thiazole rings is 1. The molecule has 0 bridgehead atoms. The smallest absolute Gasteiger partial charge is 0.137 e. The van der Waals surface area contributed by atoms with Gasteiger partial charge in [0.2, 0.25) is 0 Å². The van der Waals surface area contributed by atoms with Crippen LogP contribution in [0.3, 0.4) is 0 Å². The van der Waals surface area contributed by atoms with Gasteiger partial charge in [-0.3, -0.25) is 4.68 Å². The number of anilines is 1. The number of aromatic nitrogens is 3. The Morgan fingerprint density at radius 3 is 2.89 bits per heavy atom. The molecular weight excluding hydrogens is 266 g/mol. The Bertz CT molecular complexity index is 558. The molecule has 2 rings (SSSR count). The van der Waals surface area contributed by atoms with Crippen molar-refractivity contribution in [3.05, 3.63) is 27.8 Å². The third-order valence-electron chi connectivity index (χ3n) is 2.68. The normalized spacial score (nSPS) is 10.6. The summed E-state index contributed by atoms with van der Waals surface area (Å²) in [5.74, 6) is 0.924. The average Bonchev–Trinajstić information content (AvgIpc) is 2.85. The van der Waals surface area contributed by atoms with Gasteiger partial charge in [-0.05, 0) is 6.92 Å².